The molecular weight excluding hydrogens is 276 g/mol. The van der Waals surface area contributed by atoms with Crippen LogP contribution in [0.2, 0.25) is 0 Å². The Kier molecular flexibility index (Phi) is 5.61. The summed E-state index contributed by atoms with van der Waals surface area (Å²) in [5.41, 5.74) is 3.51. The third-order valence-corrected chi connectivity index (χ3v) is 3.18. The van der Waals surface area contributed by atoms with Crippen LogP contribution in [0.15, 0.2) is 36.5 Å². The highest BCUT2D eigenvalue weighted by molar-refractivity contribution is 5.93. The summed E-state index contributed by atoms with van der Waals surface area (Å²) in [4.78, 5) is 22.8. The molecule has 0 atom stereocenters. The highest BCUT2D eigenvalue weighted by Crippen LogP contribution is 2.03. The van der Waals surface area contributed by atoms with Gasteiger partial charge in [0.25, 0.3) is 5.91 Å². The number of rotatable bonds is 6. The van der Waals surface area contributed by atoms with Crippen molar-refractivity contribution in [2.45, 2.75) is 19.9 Å². The first-order chi connectivity index (χ1) is 10.5. The predicted octanol–water partition coefficient (Wildman–Crippen LogP) is 1.82. The topological polar surface area (TPSA) is 58.1 Å². The highest BCUT2D eigenvalue weighted by Gasteiger charge is 2.06. The van der Waals surface area contributed by atoms with Crippen LogP contribution in [0.25, 0.3) is 0 Å². The van der Waals surface area contributed by atoms with Gasteiger partial charge in [-0.1, -0.05) is 6.07 Å². The minimum absolute atomic E-state index is 0.100. The molecular formula is C17H22N4O. The first-order valence-electron chi connectivity index (χ1n) is 7.35. The van der Waals surface area contributed by atoms with Crippen LogP contribution < -0.4 is 5.32 Å². The molecule has 0 aliphatic heterocycles. The van der Waals surface area contributed by atoms with E-state index in [1.54, 1.807) is 6.20 Å². The predicted molar refractivity (Wildman–Crippen MR) is 86.6 cm³/mol. The second kappa shape index (κ2) is 7.66. The molecule has 0 bridgehead atoms. The Morgan fingerprint density at radius 2 is 2.00 bits per heavy atom. The molecule has 2 heterocycles. The highest BCUT2D eigenvalue weighted by atomic mass is 16.1. The molecule has 0 unspecified atom stereocenters. The molecule has 2 rings (SSSR count). The first-order valence-corrected chi connectivity index (χ1v) is 7.35. The maximum atomic E-state index is 12.1. The van der Waals surface area contributed by atoms with Crippen LogP contribution in [0.4, 0.5) is 0 Å². The zero-order chi connectivity index (χ0) is 15.9. The Balaban J connectivity index is 1.84. The van der Waals surface area contributed by atoms with E-state index in [4.69, 9.17) is 0 Å². The molecule has 22 heavy (non-hydrogen) atoms. The van der Waals surface area contributed by atoms with Crippen molar-refractivity contribution in [2.75, 3.05) is 20.6 Å². The Bertz CT molecular complexity index is 623. The third-order valence-electron chi connectivity index (χ3n) is 3.18. The SMILES string of the molecule is Cc1cccc(CCNC(=O)c2ccc(CN(C)C)nc2)n1. The van der Waals surface area contributed by atoms with Gasteiger partial charge in [-0.2, -0.15) is 0 Å². The van der Waals surface area contributed by atoms with Gasteiger partial charge in [0.2, 0.25) is 0 Å². The fraction of sp³-hybridized carbons (Fsp3) is 0.353. The number of pyridine rings is 2. The van der Waals surface area contributed by atoms with Gasteiger partial charge in [0.15, 0.2) is 0 Å². The van der Waals surface area contributed by atoms with Gasteiger partial charge in [0.1, 0.15) is 0 Å². The maximum absolute atomic E-state index is 12.1. The molecule has 0 fully saturated rings. The molecule has 0 saturated heterocycles. The van der Waals surface area contributed by atoms with Crippen molar-refractivity contribution in [1.29, 1.82) is 0 Å². The van der Waals surface area contributed by atoms with Crippen LogP contribution in [0.1, 0.15) is 27.4 Å². The Hall–Kier alpha value is -2.27. The summed E-state index contributed by atoms with van der Waals surface area (Å²) < 4.78 is 0. The Morgan fingerprint density at radius 1 is 1.18 bits per heavy atom. The van der Waals surface area contributed by atoms with Crippen LogP contribution in [0.5, 0.6) is 0 Å². The second-order valence-electron chi connectivity index (χ2n) is 5.55. The molecule has 0 saturated carbocycles. The summed E-state index contributed by atoms with van der Waals surface area (Å²) in [6, 6.07) is 9.61. The van der Waals surface area contributed by atoms with Crippen LogP contribution >= 0.6 is 0 Å². The maximum Gasteiger partial charge on any atom is 0.252 e. The molecule has 0 aromatic carbocycles. The number of amides is 1. The standard InChI is InChI=1S/C17H22N4O/c1-13-5-4-6-15(20-13)9-10-18-17(22)14-7-8-16(19-11-14)12-21(2)3/h4-8,11H,9-10,12H2,1-3H3,(H,18,22). The summed E-state index contributed by atoms with van der Waals surface area (Å²) in [7, 11) is 3.98. The molecule has 0 radical (unpaired) electrons. The summed E-state index contributed by atoms with van der Waals surface area (Å²) in [5, 5.41) is 2.90. The normalized spacial score (nSPS) is 10.7. The van der Waals surface area contributed by atoms with Crippen LogP contribution in [0.3, 0.4) is 0 Å². The van der Waals surface area contributed by atoms with E-state index in [-0.39, 0.29) is 5.91 Å². The fourth-order valence-electron chi connectivity index (χ4n) is 2.12. The van der Waals surface area contributed by atoms with Gasteiger partial charge >= 0.3 is 0 Å². The summed E-state index contributed by atoms with van der Waals surface area (Å²) in [6.07, 6.45) is 2.35. The zero-order valence-corrected chi connectivity index (χ0v) is 13.3. The van der Waals surface area contributed by atoms with Gasteiger partial charge in [0.05, 0.1) is 11.3 Å². The number of hydrogen-bond donors (Lipinski definition) is 1. The quantitative estimate of drug-likeness (QED) is 0.884. The minimum Gasteiger partial charge on any atom is -0.352 e. The number of carbonyl (C=O) groups is 1. The molecule has 2 aromatic rings. The summed E-state index contributed by atoms with van der Waals surface area (Å²) in [6.45, 7) is 3.29. The van der Waals surface area contributed by atoms with E-state index in [2.05, 4.69) is 15.3 Å². The number of aromatic nitrogens is 2. The van der Waals surface area contributed by atoms with Crippen LogP contribution in [-0.4, -0.2) is 41.4 Å². The van der Waals surface area contributed by atoms with Crippen molar-refractivity contribution < 1.29 is 4.79 Å². The number of hydrogen-bond acceptors (Lipinski definition) is 4. The van der Waals surface area contributed by atoms with Gasteiger partial charge in [-0.25, -0.2) is 0 Å². The lowest BCUT2D eigenvalue weighted by Gasteiger charge is -2.09. The number of aryl methyl sites for hydroxylation is 1. The van der Waals surface area contributed by atoms with E-state index in [0.29, 0.717) is 12.1 Å². The summed E-state index contributed by atoms with van der Waals surface area (Å²) in [5.74, 6) is -0.100. The van der Waals surface area contributed by atoms with E-state index in [0.717, 1.165) is 30.0 Å². The second-order valence-corrected chi connectivity index (χ2v) is 5.55. The van der Waals surface area contributed by atoms with E-state index in [9.17, 15) is 4.79 Å². The average Bonchev–Trinajstić information content (AvgIpc) is 2.47. The van der Waals surface area contributed by atoms with Crippen molar-refractivity contribution in [3.8, 4) is 0 Å². The summed E-state index contributed by atoms with van der Waals surface area (Å²) >= 11 is 0. The smallest absolute Gasteiger partial charge is 0.252 e. The number of nitrogens with zero attached hydrogens (tertiary/aromatic N) is 3. The zero-order valence-electron chi connectivity index (χ0n) is 13.3. The van der Waals surface area contributed by atoms with Gasteiger partial charge in [-0.3, -0.25) is 14.8 Å². The molecule has 116 valence electrons. The monoisotopic (exact) mass is 298 g/mol. The van der Waals surface area contributed by atoms with Crippen molar-refractivity contribution in [3.63, 3.8) is 0 Å². The molecule has 0 aliphatic carbocycles. The Morgan fingerprint density at radius 3 is 2.64 bits per heavy atom. The van der Waals surface area contributed by atoms with Crippen LogP contribution in [-0.2, 0) is 13.0 Å². The average molecular weight is 298 g/mol. The molecule has 1 N–H and O–H groups in total. The van der Waals surface area contributed by atoms with Crippen LogP contribution in [0, 0.1) is 6.92 Å². The van der Waals surface area contributed by atoms with Crippen molar-refractivity contribution >= 4 is 5.91 Å². The lowest BCUT2D eigenvalue weighted by Crippen LogP contribution is -2.26. The first kappa shape index (κ1) is 16.1. The molecule has 0 spiro atoms. The van der Waals surface area contributed by atoms with Gasteiger partial charge in [0, 0.05) is 37.1 Å². The lowest BCUT2D eigenvalue weighted by molar-refractivity contribution is 0.0953. The third kappa shape index (κ3) is 4.93. The van der Waals surface area contributed by atoms with E-state index < -0.39 is 0 Å². The molecule has 1 amide bonds. The van der Waals surface area contributed by atoms with E-state index in [1.807, 2.05) is 56.3 Å². The van der Waals surface area contributed by atoms with Crippen molar-refractivity contribution in [1.82, 2.24) is 20.2 Å². The largest absolute Gasteiger partial charge is 0.352 e. The van der Waals surface area contributed by atoms with Gasteiger partial charge < -0.3 is 10.2 Å². The molecule has 5 heteroatoms. The van der Waals surface area contributed by atoms with Crippen molar-refractivity contribution in [2.24, 2.45) is 0 Å². The van der Waals surface area contributed by atoms with E-state index >= 15 is 0 Å². The minimum atomic E-state index is -0.100. The number of carbonyl (C=O) groups excluding carboxylic acids is 1. The van der Waals surface area contributed by atoms with E-state index in [1.165, 1.54) is 0 Å². The fourth-order valence-corrected chi connectivity index (χ4v) is 2.12. The van der Waals surface area contributed by atoms with Gasteiger partial charge in [-0.15, -0.1) is 0 Å². The number of nitrogens with one attached hydrogen (secondary N) is 1. The van der Waals surface area contributed by atoms with Gasteiger partial charge in [-0.05, 0) is 45.3 Å². The van der Waals surface area contributed by atoms with Crippen molar-refractivity contribution in [3.05, 3.63) is 59.2 Å². The lowest BCUT2D eigenvalue weighted by atomic mass is 10.2. The molecule has 2 aromatic heterocycles. The Labute approximate surface area is 131 Å². The molecule has 0 aliphatic rings. The molecule has 5 nitrogen and oxygen atoms in total.